The highest BCUT2D eigenvalue weighted by Crippen LogP contribution is 2.34. The molecule has 0 aromatic carbocycles. The first-order valence-corrected chi connectivity index (χ1v) is 12.4. The molecular formula is C20H24N4O3S3. The third-order valence-corrected chi connectivity index (χ3v) is 7.59. The fraction of sp³-hybridized carbons (Fsp3) is 0.400. The Bertz CT molecular complexity index is 1020. The Morgan fingerprint density at radius 3 is 2.70 bits per heavy atom. The summed E-state index contributed by atoms with van der Waals surface area (Å²) in [6, 6.07) is 3.98. The van der Waals surface area contributed by atoms with E-state index in [-0.39, 0.29) is 18.3 Å². The number of nitrogens with zero attached hydrogens (tertiary/aromatic N) is 3. The molecular weight excluding hydrogens is 440 g/mol. The zero-order chi connectivity index (χ0) is 21.7. The molecule has 1 amide bonds. The van der Waals surface area contributed by atoms with Gasteiger partial charge in [0.15, 0.2) is 11.0 Å². The third kappa shape index (κ3) is 4.76. The number of thiophene rings is 2. The van der Waals surface area contributed by atoms with Crippen molar-refractivity contribution in [3.8, 4) is 10.7 Å². The van der Waals surface area contributed by atoms with Gasteiger partial charge in [-0.15, -0.1) is 32.9 Å². The average Bonchev–Trinajstić information content (AvgIpc) is 3.44. The molecule has 160 valence electrons. The molecule has 0 aliphatic rings. The molecule has 3 aromatic rings. The Morgan fingerprint density at radius 1 is 1.27 bits per heavy atom. The number of ether oxygens (including phenoxy) is 1. The van der Waals surface area contributed by atoms with E-state index in [1.165, 1.54) is 23.1 Å². The minimum absolute atomic E-state index is 0.170. The van der Waals surface area contributed by atoms with Gasteiger partial charge in [0.25, 0.3) is 0 Å². The Kier molecular flexibility index (Phi) is 7.68. The predicted molar refractivity (Wildman–Crippen MR) is 123 cm³/mol. The van der Waals surface area contributed by atoms with Crippen molar-refractivity contribution in [1.82, 2.24) is 14.8 Å². The Labute approximate surface area is 187 Å². The van der Waals surface area contributed by atoms with Gasteiger partial charge in [-0.1, -0.05) is 24.8 Å². The minimum atomic E-state index is -0.403. The second kappa shape index (κ2) is 10.2. The average molecular weight is 465 g/mol. The van der Waals surface area contributed by atoms with Crippen LogP contribution in [-0.2, 0) is 22.5 Å². The zero-order valence-corrected chi connectivity index (χ0v) is 19.8. The number of carbonyl (C=O) groups excluding carboxylic acids is 2. The zero-order valence-electron chi connectivity index (χ0n) is 17.4. The quantitative estimate of drug-likeness (QED) is 0.359. The molecule has 0 fully saturated rings. The van der Waals surface area contributed by atoms with Gasteiger partial charge in [0.05, 0.1) is 22.8 Å². The maximum absolute atomic E-state index is 12.6. The van der Waals surface area contributed by atoms with Gasteiger partial charge in [-0.25, -0.2) is 4.79 Å². The van der Waals surface area contributed by atoms with Gasteiger partial charge in [-0.2, -0.15) is 0 Å². The molecule has 0 radical (unpaired) electrons. The fourth-order valence-corrected chi connectivity index (χ4v) is 5.67. The van der Waals surface area contributed by atoms with Crippen LogP contribution in [0.3, 0.4) is 0 Å². The lowest BCUT2D eigenvalue weighted by molar-refractivity contribution is -0.113. The van der Waals surface area contributed by atoms with Gasteiger partial charge in [0.1, 0.15) is 5.00 Å². The summed E-state index contributed by atoms with van der Waals surface area (Å²) in [5, 5.41) is 14.7. The van der Waals surface area contributed by atoms with Crippen LogP contribution >= 0.6 is 34.4 Å². The van der Waals surface area contributed by atoms with Crippen LogP contribution in [0.4, 0.5) is 5.00 Å². The van der Waals surface area contributed by atoms with Gasteiger partial charge in [-0.05, 0) is 44.2 Å². The Hall–Kier alpha value is -2.17. The number of aryl methyl sites for hydroxylation is 1. The van der Waals surface area contributed by atoms with E-state index in [9.17, 15) is 9.59 Å². The summed E-state index contributed by atoms with van der Waals surface area (Å²) < 4.78 is 7.18. The van der Waals surface area contributed by atoms with Crippen LogP contribution in [-0.4, -0.2) is 39.0 Å². The number of aromatic nitrogens is 3. The third-order valence-electron chi connectivity index (χ3n) is 4.41. The molecule has 3 aromatic heterocycles. The molecule has 3 rings (SSSR count). The van der Waals surface area contributed by atoms with E-state index in [1.54, 1.807) is 18.3 Å². The van der Waals surface area contributed by atoms with Crippen molar-refractivity contribution in [3.05, 3.63) is 33.5 Å². The minimum Gasteiger partial charge on any atom is -0.462 e. The summed E-state index contributed by atoms with van der Waals surface area (Å²) in [6.45, 7) is 8.71. The maximum atomic E-state index is 12.6. The van der Waals surface area contributed by atoms with Crippen molar-refractivity contribution >= 4 is 51.3 Å². The maximum Gasteiger partial charge on any atom is 0.341 e. The summed E-state index contributed by atoms with van der Waals surface area (Å²) >= 11 is 4.36. The second-order valence-electron chi connectivity index (χ2n) is 6.29. The summed E-state index contributed by atoms with van der Waals surface area (Å²) in [7, 11) is 0. The van der Waals surface area contributed by atoms with Crippen LogP contribution in [0.1, 0.15) is 41.6 Å². The molecule has 3 heterocycles. The van der Waals surface area contributed by atoms with E-state index in [0.29, 0.717) is 22.3 Å². The topological polar surface area (TPSA) is 86.1 Å². The molecule has 0 saturated carbocycles. The van der Waals surface area contributed by atoms with Crippen molar-refractivity contribution in [1.29, 1.82) is 0 Å². The number of nitrogens with one attached hydrogen (secondary N) is 1. The molecule has 1 N–H and O–H groups in total. The number of anilines is 1. The lowest BCUT2D eigenvalue weighted by Crippen LogP contribution is -2.17. The molecule has 7 nitrogen and oxygen atoms in total. The molecule has 0 aliphatic heterocycles. The molecule has 0 spiro atoms. The van der Waals surface area contributed by atoms with E-state index in [0.717, 1.165) is 27.6 Å². The second-order valence-corrected chi connectivity index (χ2v) is 9.29. The molecule has 0 atom stereocenters. The summed E-state index contributed by atoms with van der Waals surface area (Å²) in [6.07, 6.45) is 0.790. The van der Waals surface area contributed by atoms with Gasteiger partial charge in [-0.3, -0.25) is 4.79 Å². The van der Waals surface area contributed by atoms with Crippen LogP contribution < -0.4 is 5.32 Å². The van der Waals surface area contributed by atoms with Crippen molar-refractivity contribution in [2.75, 3.05) is 17.7 Å². The molecule has 0 aliphatic carbocycles. The number of amides is 1. The number of hydrogen-bond acceptors (Lipinski definition) is 8. The Morgan fingerprint density at radius 2 is 2.07 bits per heavy atom. The number of hydrogen-bond donors (Lipinski definition) is 1. The monoisotopic (exact) mass is 464 g/mol. The molecule has 0 bridgehead atoms. The van der Waals surface area contributed by atoms with Crippen molar-refractivity contribution in [2.24, 2.45) is 0 Å². The van der Waals surface area contributed by atoms with Crippen molar-refractivity contribution in [3.63, 3.8) is 0 Å². The lowest BCUT2D eigenvalue weighted by atomic mass is 10.1. The smallest absolute Gasteiger partial charge is 0.341 e. The van der Waals surface area contributed by atoms with Gasteiger partial charge >= 0.3 is 5.97 Å². The first-order valence-electron chi connectivity index (χ1n) is 9.69. The van der Waals surface area contributed by atoms with E-state index in [4.69, 9.17) is 4.74 Å². The number of rotatable bonds is 9. The standard InChI is InChI=1S/C20H24N4O3S3/c1-5-13-12(4)16(19(26)27-7-3)18(30-13)21-15(25)11-29-20-23-22-17(24(20)6-2)14-9-8-10-28-14/h8-10H,5-7,11H2,1-4H3,(H,21,25). The van der Waals surface area contributed by atoms with Crippen LogP contribution in [0.25, 0.3) is 10.7 Å². The summed E-state index contributed by atoms with van der Waals surface area (Å²) in [5.74, 6) is 0.378. The normalized spacial score (nSPS) is 10.9. The highest BCUT2D eigenvalue weighted by molar-refractivity contribution is 7.99. The van der Waals surface area contributed by atoms with E-state index in [1.807, 2.05) is 42.9 Å². The highest BCUT2D eigenvalue weighted by Gasteiger charge is 2.23. The highest BCUT2D eigenvalue weighted by atomic mass is 32.2. The van der Waals surface area contributed by atoms with E-state index in [2.05, 4.69) is 15.5 Å². The van der Waals surface area contributed by atoms with E-state index < -0.39 is 5.97 Å². The van der Waals surface area contributed by atoms with Crippen molar-refractivity contribution in [2.45, 2.75) is 45.8 Å². The van der Waals surface area contributed by atoms with Crippen LogP contribution in [0, 0.1) is 6.92 Å². The Balaban J connectivity index is 1.72. The first-order chi connectivity index (χ1) is 14.5. The SMILES string of the molecule is CCOC(=O)c1c(NC(=O)CSc2nnc(-c3cccs3)n2CC)sc(CC)c1C. The van der Waals surface area contributed by atoms with Crippen LogP contribution in [0.15, 0.2) is 22.7 Å². The van der Waals surface area contributed by atoms with Gasteiger partial charge in [0.2, 0.25) is 5.91 Å². The summed E-state index contributed by atoms with van der Waals surface area (Å²) in [5.41, 5.74) is 1.32. The van der Waals surface area contributed by atoms with E-state index >= 15 is 0 Å². The van der Waals surface area contributed by atoms with Crippen LogP contribution in [0.5, 0.6) is 0 Å². The molecule has 30 heavy (non-hydrogen) atoms. The van der Waals surface area contributed by atoms with Crippen molar-refractivity contribution < 1.29 is 14.3 Å². The first kappa shape index (κ1) is 22.5. The predicted octanol–water partition coefficient (Wildman–Crippen LogP) is 4.87. The number of carbonyl (C=O) groups is 2. The van der Waals surface area contributed by atoms with Crippen LogP contribution in [0.2, 0.25) is 0 Å². The summed E-state index contributed by atoms with van der Waals surface area (Å²) in [4.78, 5) is 27.1. The lowest BCUT2D eigenvalue weighted by Gasteiger charge is -2.08. The van der Waals surface area contributed by atoms with Gasteiger partial charge < -0.3 is 14.6 Å². The number of thioether (sulfide) groups is 1. The van der Waals surface area contributed by atoms with Gasteiger partial charge in [0, 0.05) is 11.4 Å². The largest absolute Gasteiger partial charge is 0.462 e. The fourth-order valence-electron chi connectivity index (χ4n) is 3.00. The molecule has 0 unspecified atom stereocenters. The number of esters is 1. The molecule has 10 heteroatoms. The molecule has 0 saturated heterocycles.